The average Bonchev–Trinajstić information content (AvgIpc) is 3.14. The Hall–Kier alpha value is -1.58. The van der Waals surface area contributed by atoms with Gasteiger partial charge < -0.3 is 19.7 Å². The van der Waals surface area contributed by atoms with Crippen molar-refractivity contribution in [2.24, 2.45) is 4.99 Å². The maximum atomic E-state index is 5.39. The Bertz CT molecular complexity index is 652. The molecule has 0 bridgehead atoms. The van der Waals surface area contributed by atoms with Crippen molar-refractivity contribution >= 4 is 29.9 Å². The third-order valence-corrected chi connectivity index (χ3v) is 4.11. The van der Waals surface area contributed by atoms with Gasteiger partial charge in [0.1, 0.15) is 11.5 Å². The lowest BCUT2D eigenvalue weighted by molar-refractivity contribution is 0.380. The first-order valence-electron chi connectivity index (χ1n) is 8.43. The first kappa shape index (κ1) is 21.5. The molecule has 0 unspecified atom stereocenters. The lowest BCUT2D eigenvalue weighted by Gasteiger charge is -2.12. The molecule has 2 aromatic rings. The number of halogens is 1. The summed E-state index contributed by atoms with van der Waals surface area (Å²) in [7, 11) is 1.76. The van der Waals surface area contributed by atoms with Crippen LogP contribution in [0.3, 0.4) is 0 Å². The van der Waals surface area contributed by atoms with Crippen molar-refractivity contribution in [2.75, 3.05) is 13.6 Å². The van der Waals surface area contributed by atoms with Gasteiger partial charge in [-0.2, -0.15) is 0 Å². The molecule has 0 fully saturated rings. The summed E-state index contributed by atoms with van der Waals surface area (Å²) in [6.45, 7) is 9.46. The Morgan fingerprint density at radius 3 is 2.36 bits per heavy atom. The van der Waals surface area contributed by atoms with E-state index >= 15 is 0 Å². The number of aromatic nitrogens is 2. The van der Waals surface area contributed by atoms with E-state index in [4.69, 9.17) is 9.05 Å². The molecule has 140 valence electrons. The summed E-state index contributed by atoms with van der Waals surface area (Å²) < 4.78 is 10.6. The molecular weight excluding hydrogens is 433 g/mol. The Balaban J connectivity index is 0.00000312. The van der Waals surface area contributed by atoms with Crippen LogP contribution in [-0.2, 0) is 25.8 Å². The number of hydrogen-bond acceptors (Lipinski definition) is 5. The van der Waals surface area contributed by atoms with Crippen LogP contribution in [0.25, 0.3) is 0 Å². The van der Waals surface area contributed by atoms with Crippen LogP contribution >= 0.6 is 24.0 Å². The molecule has 2 heterocycles. The Labute approximate surface area is 166 Å². The molecule has 2 aromatic heterocycles. The van der Waals surface area contributed by atoms with E-state index in [9.17, 15) is 0 Å². The van der Waals surface area contributed by atoms with Gasteiger partial charge in [0.05, 0.1) is 11.4 Å². The van der Waals surface area contributed by atoms with Crippen molar-refractivity contribution in [1.82, 2.24) is 20.9 Å². The van der Waals surface area contributed by atoms with Crippen LogP contribution in [0.5, 0.6) is 0 Å². The van der Waals surface area contributed by atoms with Gasteiger partial charge in [0.2, 0.25) is 0 Å². The number of nitrogens with one attached hydrogen (secondary N) is 2. The Morgan fingerprint density at radius 2 is 1.80 bits per heavy atom. The number of nitrogens with zero attached hydrogens (tertiary/aromatic N) is 3. The largest absolute Gasteiger partial charge is 0.361 e. The summed E-state index contributed by atoms with van der Waals surface area (Å²) in [5.41, 5.74) is 4.24. The average molecular weight is 461 g/mol. The van der Waals surface area contributed by atoms with Gasteiger partial charge in [-0.25, -0.2) is 0 Å². The molecule has 0 atom stereocenters. The first-order chi connectivity index (χ1) is 11.6. The lowest BCUT2D eigenvalue weighted by atomic mass is 10.1. The zero-order valence-corrected chi connectivity index (χ0v) is 17.9. The van der Waals surface area contributed by atoms with Gasteiger partial charge in [-0.05, 0) is 26.7 Å². The highest BCUT2D eigenvalue weighted by Gasteiger charge is 2.14. The molecule has 2 N–H and O–H groups in total. The number of aryl methyl sites for hydroxylation is 4. The number of aliphatic imine (C=N–C) groups is 1. The molecule has 8 heteroatoms. The predicted octanol–water partition coefficient (Wildman–Crippen LogP) is 2.93. The van der Waals surface area contributed by atoms with E-state index in [1.165, 1.54) is 0 Å². The fourth-order valence-electron chi connectivity index (χ4n) is 2.70. The second kappa shape index (κ2) is 10.4. The summed E-state index contributed by atoms with van der Waals surface area (Å²) in [4.78, 5) is 4.27. The predicted molar refractivity (Wildman–Crippen MR) is 109 cm³/mol. The second-order valence-corrected chi connectivity index (χ2v) is 5.64. The van der Waals surface area contributed by atoms with E-state index in [-0.39, 0.29) is 24.0 Å². The van der Waals surface area contributed by atoms with Gasteiger partial charge in [-0.15, -0.1) is 24.0 Å². The molecule has 25 heavy (non-hydrogen) atoms. The van der Waals surface area contributed by atoms with Crippen molar-refractivity contribution in [1.29, 1.82) is 0 Å². The summed E-state index contributed by atoms with van der Waals surface area (Å²) in [6.07, 6.45) is 2.54. The van der Waals surface area contributed by atoms with Crippen molar-refractivity contribution in [3.05, 3.63) is 34.0 Å². The molecule has 0 saturated carbocycles. The SMILES string of the molecule is CCc1noc(CC)c1CNC(=NC)NCCc1c(C)noc1C.I. The van der Waals surface area contributed by atoms with Crippen LogP contribution in [-0.4, -0.2) is 29.9 Å². The highest BCUT2D eigenvalue weighted by Crippen LogP contribution is 2.15. The smallest absolute Gasteiger partial charge is 0.191 e. The van der Waals surface area contributed by atoms with Crippen LogP contribution in [0.2, 0.25) is 0 Å². The molecule has 0 saturated heterocycles. The van der Waals surface area contributed by atoms with Gasteiger partial charge >= 0.3 is 0 Å². The van der Waals surface area contributed by atoms with Crippen LogP contribution in [0.15, 0.2) is 14.0 Å². The fraction of sp³-hybridized carbons (Fsp3) is 0.588. The van der Waals surface area contributed by atoms with Crippen LogP contribution in [0, 0.1) is 13.8 Å². The highest BCUT2D eigenvalue weighted by atomic mass is 127. The van der Waals surface area contributed by atoms with E-state index in [0.717, 1.165) is 65.8 Å². The molecule has 0 amide bonds. The molecule has 2 rings (SSSR count). The second-order valence-electron chi connectivity index (χ2n) is 5.64. The molecule has 7 nitrogen and oxygen atoms in total. The van der Waals surface area contributed by atoms with Crippen LogP contribution in [0.4, 0.5) is 0 Å². The monoisotopic (exact) mass is 461 g/mol. The van der Waals surface area contributed by atoms with Gasteiger partial charge in [-0.3, -0.25) is 4.99 Å². The van der Waals surface area contributed by atoms with E-state index in [1.54, 1.807) is 7.05 Å². The zero-order chi connectivity index (χ0) is 17.5. The zero-order valence-electron chi connectivity index (χ0n) is 15.6. The quantitative estimate of drug-likeness (QED) is 0.375. The Kier molecular flexibility index (Phi) is 8.95. The third-order valence-electron chi connectivity index (χ3n) is 4.11. The Morgan fingerprint density at radius 1 is 1.04 bits per heavy atom. The minimum Gasteiger partial charge on any atom is -0.361 e. The van der Waals surface area contributed by atoms with Crippen molar-refractivity contribution < 1.29 is 9.05 Å². The summed E-state index contributed by atoms with van der Waals surface area (Å²) in [5.74, 6) is 2.57. The number of rotatable bonds is 7. The van der Waals surface area contributed by atoms with Crippen LogP contribution in [0.1, 0.15) is 47.9 Å². The number of hydrogen-bond donors (Lipinski definition) is 2. The van der Waals surface area contributed by atoms with Crippen molar-refractivity contribution in [3.63, 3.8) is 0 Å². The minimum atomic E-state index is 0. The van der Waals surface area contributed by atoms with Crippen LogP contribution < -0.4 is 10.6 Å². The highest BCUT2D eigenvalue weighted by molar-refractivity contribution is 14.0. The molecule has 0 radical (unpaired) electrons. The van der Waals surface area contributed by atoms with E-state index < -0.39 is 0 Å². The van der Waals surface area contributed by atoms with E-state index in [1.807, 2.05) is 13.8 Å². The molecule has 0 spiro atoms. The summed E-state index contributed by atoms with van der Waals surface area (Å²) in [5, 5.41) is 14.8. The van der Waals surface area contributed by atoms with E-state index in [2.05, 4.69) is 39.8 Å². The van der Waals surface area contributed by atoms with Crippen molar-refractivity contribution in [2.45, 2.75) is 53.5 Å². The summed E-state index contributed by atoms with van der Waals surface area (Å²) >= 11 is 0. The molecule has 0 aromatic carbocycles. The maximum Gasteiger partial charge on any atom is 0.191 e. The maximum absolute atomic E-state index is 5.39. The topological polar surface area (TPSA) is 88.5 Å². The first-order valence-corrected chi connectivity index (χ1v) is 8.43. The minimum absolute atomic E-state index is 0. The summed E-state index contributed by atoms with van der Waals surface area (Å²) in [6, 6.07) is 0. The van der Waals surface area contributed by atoms with Gasteiger partial charge in [0.15, 0.2) is 5.96 Å². The molecular formula is C17H28IN5O2. The van der Waals surface area contributed by atoms with Gasteiger partial charge in [-0.1, -0.05) is 24.2 Å². The normalized spacial score (nSPS) is 11.3. The molecule has 0 aliphatic heterocycles. The van der Waals surface area contributed by atoms with Crippen molar-refractivity contribution in [3.8, 4) is 0 Å². The lowest BCUT2D eigenvalue weighted by Crippen LogP contribution is -2.38. The molecule has 0 aliphatic rings. The molecule has 0 aliphatic carbocycles. The standard InChI is InChI=1S/C17H27N5O2.HI/c1-6-15-14(16(7-2)24-22-15)10-20-17(18-5)19-9-8-13-11(3)21-23-12(13)4;/h6-10H2,1-5H3,(H2,18,19,20);1H. The van der Waals surface area contributed by atoms with E-state index in [0.29, 0.717) is 6.54 Å². The fourth-order valence-corrected chi connectivity index (χ4v) is 2.70. The van der Waals surface area contributed by atoms with Gasteiger partial charge in [0.25, 0.3) is 0 Å². The number of guanidine groups is 1. The van der Waals surface area contributed by atoms with Gasteiger partial charge in [0, 0.05) is 37.7 Å². The third kappa shape index (κ3) is 5.45.